The second-order valence-corrected chi connectivity index (χ2v) is 4.66. The lowest BCUT2D eigenvalue weighted by Gasteiger charge is -2.34. The third-order valence-electron chi connectivity index (χ3n) is 3.03. The van der Waals surface area contributed by atoms with E-state index in [2.05, 4.69) is 15.1 Å². The summed E-state index contributed by atoms with van der Waals surface area (Å²) in [5, 5.41) is 4.98. The van der Waals surface area contributed by atoms with Crippen LogP contribution in [0.25, 0.3) is 11.0 Å². The van der Waals surface area contributed by atoms with Gasteiger partial charge in [0.15, 0.2) is 5.65 Å². The molecule has 2 heterocycles. The normalized spacial score (nSPS) is 19.5. The molecule has 2 aromatic rings. The van der Waals surface area contributed by atoms with Crippen molar-refractivity contribution in [3.63, 3.8) is 0 Å². The summed E-state index contributed by atoms with van der Waals surface area (Å²) in [4.78, 5) is 8.06. The summed E-state index contributed by atoms with van der Waals surface area (Å²) >= 11 is 5.76. The fourth-order valence-corrected chi connectivity index (χ4v) is 2.31. The van der Waals surface area contributed by atoms with Gasteiger partial charge >= 0.3 is 0 Å². The third-order valence-corrected chi connectivity index (χ3v) is 3.20. The minimum Gasteiger partial charge on any atom is -0.244 e. The van der Waals surface area contributed by atoms with Crippen molar-refractivity contribution in [2.24, 2.45) is 0 Å². The minimum absolute atomic E-state index is 0.114. The average Bonchev–Trinajstić information content (AvgIpc) is 2.57. The molecule has 0 saturated heterocycles. The van der Waals surface area contributed by atoms with Gasteiger partial charge in [-0.15, -0.1) is 0 Å². The van der Waals surface area contributed by atoms with Crippen molar-refractivity contribution in [2.75, 3.05) is 0 Å². The smallest absolute Gasteiger partial charge is 0.244 e. The maximum Gasteiger partial charge on any atom is 0.252 e. The molecule has 0 amide bonds. The number of nitrogens with zero attached hydrogens (tertiary/aromatic N) is 4. The van der Waals surface area contributed by atoms with Crippen molar-refractivity contribution in [3.8, 4) is 0 Å². The highest BCUT2D eigenvalue weighted by Gasteiger charge is 2.47. The molecule has 1 aliphatic carbocycles. The first kappa shape index (κ1) is 10.8. The molecule has 0 radical (unpaired) electrons. The summed E-state index contributed by atoms with van der Waals surface area (Å²) in [6.45, 7) is 1.79. The van der Waals surface area contributed by atoms with Gasteiger partial charge in [-0.3, -0.25) is 0 Å². The highest BCUT2D eigenvalue weighted by molar-refractivity contribution is 6.28. The monoisotopic (exact) mass is 258 g/mol. The third kappa shape index (κ3) is 1.67. The Morgan fingerprint density at radius 2 is 2.12 bits per heavy atom. The van der Waals surface area contributed by atoms with Crippen LogP contribution in [-0.2, 0) is 0 Å². The van der Waals surface area contributed by atoms with Crippen LogP contribution in [0.2, 0.25) is 5.28 Å². The standard InChI is InChI=1S/C10H9ClF2N4/c1-5-7-4-14-17(6-2-10(12,13)3-6)8(7)16-9(11)15-5/h4,6H,2-3H2,1H3. The first-order valence-corrected chi connectivity index (χ1v) is 5.59. The predicted molar refractivity (Wildman–Crippen MR) is 58.3 cm³/mol. The molecule has 17 heavy (non-hydrogen) atoms. The van der Waals surface area contributed by atoms with Crippen molar-refractivity contribution in [2.45, 2.75) is 31.7 Å². The fourth-order valence-electron chi connectivity index (χ4n) is 2.10. The summed E-state index contributed by atoms with van der Waals surface area (Å²) in [5.74, 6) is -2.57. The number of rotatable bonds is 1. The summed E-state index contributed by atoms with van der Waals surface area (Å²) < 4.78 is 27.2. The molecular formula is C10H9ClF2N4. The van der Waals surface area contributed by atoms with Gasteiger partial charge in [0.25, 0.3) is 5.92 Å². The lowest BCUT2D eigenvalue weighted by Crippen LogP contribution is -2.37. The first-order chi connectivity index (χ1) is 7.96. The van der Waals surface area contributed by atoms with E-state index in [-0.39, 0.29) is 24.2 Å². The molecule has 7 heteroatoms. The maximum absolute atomic E-state index is 12.8. The topological polar surface area (TPSA) is 43.6 Å². The van der Waals surface area contributed by atoms with Crippen molar-refractivity contribution in [1.82, 2.24) is 19.7 Å². The molecule has 0 aliphatic heterocycles. The molecule has 1 aliphatic rings. The molecule has 0 N–H and O–H groups in total. The van der Waals surface area contributed by atoms with E-state index in [0.29, 0.717) is 11.3 Å². The maximum atomic E-state index is 12.8. The fraction of sp³-hybridized carbons (Fsp3) is 0.500. The highest BCUT2D eigenvalue weighted by Crippen LogP contribution is 2.45. The van der Waals surface area contributed by atoms with Crippen LogP contribution in [0.3, 0.4) is 0 Å². The summed E-state index contributed by atoms with van der Waals surface area (Å²) in [7, 11) is 0. The van der Waals surface area contributed by atoms with Crippen molar-refractivity contribution < 1.29 is 8.78 Å². The molecule has 0 bridgehead atoms. The molecule has 0 atom stereocenters. The molecule has 3 rings (SSSR count). The Morgan fingerprint density at radius 1 is 1.41 bits per heavy atom. The van der Waals surface area contributed by atoms with Gasteiger partial charge in [0, 0.05) is 12.8 Å². The van der Waals surface area contributed by atoms with Crippen LogP contribution < -0.4 is 0 Å². The van der Waals surface area contributed by atoms with Gasteiger partial charge in [-0.1, -0.05) is 0 Å². The van der Waals surface area contributed by atoms with E-state index in [9.17, 15) is 8.78 Å². The zero-order valence-corrected chi connectivity index (χ0v) is 9.75. The van der Waals surface area contributed by atoms with Gasteiger partial charge in [0.2, 0.25) is 5.28 Å². The van der Waals surface area contributed by atoms with E-state index >= 15 is 0 Å². The summed E-state index contributed by atoms with van der Waals surface area (Å²) in [6, 6.07) is -0.298. The molecular weight excluding hydrogens is 250 g/mol. The van der Waals surface area contributed by atoms with Crippen molar-refractivity contribution in [3.05, 3.63) is 17.2 Å². The number of hydrogen-bond acceptors (Lipinski definition) is 3. The lowest BCUT2D eigenvalue weighted by molar-refractivity contribution is -0.106. The second kappa shape index (κ2) is 3.35. The van der Waals surface area contributed by atoms with Crippen molar-refractivity contribution >= 4 is 22.6 Å². The van der Waals surface area contributed by atoms with E-state index in [1.807, 2.05) is 0 Å². The Morgan fingerprint density at radius 3 is 2.76 bits per heavy atom. The molecule has 1 fully saturated rings. The van der Waals surface area contributed by atoms with E-state index in [0.717, 1.165) is 5.39 Å². The Bertz CT molecular complexity index is 587. The Kier molecular flexibility index (Phi) is 2.13. The van der Waals surface area contributed by atoms with E-state index < -0.39 is 5.92 Å². The molecule has 2 aromatic heterocycles. The Hall–Kier alpha value is -1.30. The van der Waals surface area contributed by atoms with E-state index in [1.54, 1.807) is 13.1 Å². The van der Waals surface area contributed by atoms with Gasteiger partial charge in [0.05, 0.1) is 23.3 Å². The SMILES string of the molecule is Cc1nc(Cl)nc2c1cnn2C1CC(F)(F)C1. The summed E-state index contributed by atoms with van der Waals surface area (Å²) in [5.41, 5.74) is 1.24. The van der Waals surface area contributed by atoms with E-state index in [1.165, 1.54) is 4.68 Å². The van der Waals surface area contributed by atoms with Crippen molar-refractivity contribution in [1.29, 1.82) is 0 Å². The van der Waals surface area contributed by atoms with Crippen LogP contribution in [0.4, 0.5) is 8.78 Å². The number of fused-ring (bicyclic) bond motifs is 1. The Labute approximate surface area is 101 Å². The van der Waals surface area contributed by atoms with Gasteiger partial charge in [-0.25, -0.2) is 18.4 Å². The quantitative estimate of drug-likeness (QED) is 0.739. The number of halogens is 3. The zero-order valence-electron chi connectivity index (χ0n) is 8.99. The van der Waals surface area contributed by atoms with Crippen LogP contribution >= 0.6 is 11.6 Å². The Balaban J connectivity index is 2.07. The van der Waals surface area contributed by atoms with Crippen LogP contribution in [-0.4, -0.2) is 25.7 Å². The van der Waals surface area contributed by atoms with Gasteiger partial charge < -0.3 is 0 Å². The molecule has 0 unspecified atom stereocenters. The second-order valence-electron chi connectivity index (χ2n) is 4.32. The lowest BCUT2D eigenvalue weighted by atomic mass is 9.88. The minimum atomic E-state index is -2.57. The van der Waals surface area contributed by atoms with Crippen LogP contribution in [0.5, 0.6) is 0 Å². The van der Waals surface area contributed by atoms with Gasteiger partial charge in [0.1, 0.15) is 0 Å². The number of alkyl halides is 2. The van der Waals surface area contributed by atoms with E-state index in [4.69, 9.17) is 11.6 Å². The predicted octanol–water partition coefficient (Wildman–Crippen LogP) is 2.76. The average molecular weight is 259 g/mol. The highest BCUT2D eigenvalue weighted by atomic mass is 35.5. The number of aryl methyl sites for hydroxylation is 1. The largest absolute Gasteiger partial charge is 0.252 e. The van der Waals surface area contributed by atoms with Crippen LogP contribution in [0.15, 0.2) is 6.20 Å². The zero-order chi connectivity index (χ0) is 12.2. The number of hydrogen-bond donors (Lipinski definition) is 0. The molecule has 90 valence electrons. The summed E-state index contributed by atoms with van der Waals surface area (Å²) in [6.07, 6.45) is 1.21. The van der Waals surface area contributed by atoms with Crippen LogP contribution in [0.1, 0.15) is 24.6 Å². The van der Waals surface area contributed by atoms with Gasteiger partial charge in [-0.05, 0) is 18.5 Å². The molecule has 4 nitrogen and oxygen atoms in total. The molecule has 1 saturated carbocycles. The number of aromatic nitrogens is 4. The first-order valence-electron chi connectivity index (χ1n) is 5.21. The molecule has 0 aromatic carbocycles. The van der Waals surface area contributed by atoms with Gasteiger partial charge in [-0.2, -0.15) is 10.1 Å². The van der Waals surface area contributed by atoms with Crippen LogP contribution in [0, 0.1) is 6.92 Å². The molecule has 0 spiro atoms.